The SMILES string of the molecule is CCCC(CC)CC1CC12CC2. The van der Waals surface area contributed by atoms with Gasteiger partial charge in [-0.2, -0.15) is 0 Å². The molecule has 0 nitrogen and oxygen atoms in total. The smallest absolute Gasteiger partial charge is 0.0266 e. The van der Waals surface area contributed by atoms with E-state index in [2.05, 4.69) is 13.8 Å². The Balaban J connectivity index is 1.70. The van der Waals surface area contributed by atoms with Crippen LogP contribution in [0.25, 0.3) is 0 Å². The van der Waals surface area contributed by atoms with Gasteiger partial charge >= 0.3 is 0 Å². The molecule has 2 unspecified atom stereocenters. The van der Waals surface area contributed by atoms with Crippen LogP contribution in [0, 0.1) is 17.3 Å². The van der Waals surface area contributed by atoms with Crippen molar-refractivity contribution < 1.29 is 0 Å². The van der Waals surface area contributed by atoms with Crippen molar-refractivity contribution in [3.8, 4) is 0 Å². The monoisotopic (exact) mass is 166 g/mol. The summed E-state index contributed by atoms with van der Waals surface area (Å²) in [5, 5.41) is 0. The van der Waals surface area contributed by atoms with Crippen LogP contribution in [0.2, 0.25) is 0 Å². The van der Waals surface area contributed by atoms with Crippen molar-refractivity contribution in [3.63, 3.8) is 0 Å². The maximum absolute atomic E-state index is 2.36. The van der Waals surface area contributed by atoms with Crippen LogP contribution in [0.3, 0.4) is 0 Å². The van der Waals surface area contributed by atoms with E-state index in [1.165, 1.54) is 19.3 Å². The predicted molar refractivity (Wildman–Crippen MR) is 53.1 cm³/mol. The summed E-state index contributed by atoms with van der Waals surface area (Å²) in [6.07, 6.45) is 10.6. The number of hydrogen-bond donors (Lipinski definition) is 0. The second-order valence-corrected chi connectivity index (χ2v) is 5.06. The topological polar surface area (TPSA) is 0 Å². The van der Waals surface area contributed by atoms with E-state index in [0.29, 0.717) is 0 Å². The van der Waals surface area contributed by atoms with Crippen LogP contribution in [0.5, 0.6) is 0 Å². The second-order valence-electron chi connectivity index (χ2n) is 5.06. The van der Waals surface area contributed by atoms with Gasteiger partial charge in [-0.3, -0.25) is 0 Å². The Morgan fingerprint density at radius 2 is 2.08 bits per heavy atom. The molecule has 1 spiro atoms. The minimum Gasteiger partial charge on any atom is -0.0654 e. The summed E-state index contributed by atoms with van der Waals surface area (Å²) in [4.78, 5) is 0. The molecule has 0 heteroatoms. The molecule has 2 saturated carbocycles. The average Bonchev–Trinajstić information content (AvgIpc) is 2.95. The van der Waals surface area contributed by atoms with Crippen molar-refractivity contribution in [1.82, 2.24) is 0 Å². The van der Waals surface area contributed by atoms with E-state index in [9.17, 15) is 0 Å². The Morgan fingerprint density at radius 3 is 2.50 bits per heavy atom. The number of rotatable bonds is 5. The molecule has 0 aromatic heterocycles. The first-order valence-corrected chi connectivity index (χ1v) is 5.80. The quantitative estimate of drug-likeness (QED) is 0.579. The van der Waals surface area contributed by atoms with Crippen molar-refractivity contribution in [1.29, 1.82) is 0 Å². The summed E-state index contributed by atoms with van der Waals surface area (Å²) in [5.41, 5.74) is 0.946. The molecule has 0 aromatic rings. The predicted octanol–water partition coefficient (Wildman–Crippen LogP) is 4.00. The van der Waals surface area contributed by atoms with Crippen molar-refractivity contribution in [2.24, 2.45) is 17.3 Å². The van der Waals surface area contributed by atoms with E-state index in [-0.39, 0.29) is 0 Å². The maximum atomic E-state index is 2.36. The molecule has 0 radical (unpaired) electrons. The molecule has 2 fully saturated rings. The highest BCUT2D eigenvalue weighted by atomic mass is 14.7. The third-order valence-corrected chi connectivity index (χ3v) is 4.14. The highest BCUT2D eigenvalue weighted by Crippen LogP contribution is 2.72. The Morgan fingerprint density at radius 1 is 1.33 bits per heavy atom. The van der Waals surface area contributed by atoms with Gasteiger partial charge in [0.1, 0.15) is 0 Å². The fraction of sp³-hybridized carbons (Fsp3) is 1.00. The van der Waals surface area contributed by atoms with Gasteiger partial charge in [-0.1, -0.05) is 33.1 Å². The zero-order valence-electron chi connectivity index (χ0n) is 8.60. The standard InChI is InChI=1S/C12H22/c1-3-5-10(4-2)8-11-9-12(11)6-7-12/h10-11H,3-9H2,1-2H3. The Kier molecular flexibility index (Phi) is 2.18. The summed E-state index contributed by atoms with van der Waals surface area (Å²) in [5.74, 6) is 2.22. The van der Waals surface area contributed by atoms with Crippen LogP contribution in [0.1, 0.15) is 58.8 Å². The molecule has 0 heterocycles. The van der Waals surface area contributed by atoms with E-state index in [4.69, 9.17) is 0 Å². The molecule has 0 amide bonds. The maximum Gasteiger partial charge on any atom is -0.0266 e. The zero-order chi connectivity index (χ0) is 8.60. The Labute approximate surface area is 76.7 Å². The van der Waals surface area contributed by atoms with Crippen LogP contribution in [-0.4, -0.2) is 0 Å². The highest BCUT2D eigenvalue weighted by molar-refractivity contribution is 5.12. The van der Waals surface area contributed by atoms with Crippen molar-refractivity contribution in [2.45, 2.75) is 58.8 Å². The van der Waals surface area contributed by atoms with Crippen molar-refractivity contribution in [2.75, 3.05) is 0 Å². The van der Waals surface area contributed by atoms with E-state index >= 15 is 0 Å². The van der Waals surface area contributed by atoms with Crippen LogP contribution in [-0.2, 0) is 0 Å². The van der Waals surface area contributed by atoms with Gasteiger partial charge < -0.3 is 0 Å². The van der Waals surface area contributed by atoms with E-state index in [1.807, 2.05) is 0 Å². The fourth-order valence-electron chi connectivity index (χ4n) is 2.84. The van der Waals surface area contributed by atoms with Crippen molar-refractivity contribution in [3.05, 3.63) is 0 Å². The molecule has 0 aliphatic heterocycles. The minimum atomic E-state index is 0.946. The van der Waals surface area contributed by atoms with Gasteiger partial charge in [0.25, 0.3) is 0 Å². The summed E-state index contributed by atoms with van der Waals surface area (Å²) in [6, 6.07) is 0. The molecule has 2 atom stereocenters. The third-order valence-electron chi connectivity index (χ3n) is 4.14. The Bertz CT molecular complexity index is 155. The molecule has 2 aliphatic rings. The molecule has 0 N–H and O–H groups in total. The molecule has 12 heavy (non-hydrogen) atoms. The second kappa shape index (κ2) is 3.05. The largest absolute Gasteiger partial charge is 0.0654 e. The molecule has 0 saturated heterocycles. The summed E-state index contributed by atoms with van der Waals surface area (Å²) in [6.45, 7) is 4.69. The summed E-state index contributed by atoms with van der Waals surface area (Å²) in [7, 11) is 0. The summed E-state index contributed by atoms with van der Waals surface area (Å²) >= 11 is 0. The van der Waals surface area contributed by atoms with Crippen LogP contribution < -0.4 is 0 Å². The van der Waals surface area contributed by atoms with Gasteiger partial charge in [-0.15, -0.1) is 0 Å². The van der Waals surface area contributed by atoms with E-state index in [1.54, 1.807) is 25.7 Å². The van der Waals surface area contributed by atoms with Gasteiger partial charge in [0.15, 0.2) is 0 Å². The van der Waals surface area contributed by atoms with Gasteiger partial charge in [-0.05, 0) is 42.9 Å². The lowest BCUT2D eigenvalue weighted by Gasteiger charge is -2.12. The molecular formula is C12H22. The molecule has 70 valence electrons. The van der Waals surface area contributed by atoms with Gasteiger partial charge in [0.05, 0.1) is 0 Å². The molecule has 2 aliphatic carbocycles. The molecule has 0 bridgehead atoms. The number of hydrogen-bond acceptors (Lipinski definition) is 0. The van der Waals surface area contributed by atoms with E-state index < -0.39 is 0 Å². The normalized spacial score (nSPS) is 32.0. The zero-order valence-corrected chi connectivity index (χ0v) is 8.60. The molecular weight excluding hydrogens is 144 g/mol. The van der Waals surface area contributed by atoms with Crippen molar-refractivity contribution >= 4 is 0 Å². The lowest BCUT2D eigenvalue weighted by molar-refractivity contribution is 0.395. The van der Waals surface area contributed by atoms with Gasteiger partial charge in [0, 0.05) is 0 Å². The highest BCUT2D eigenvalue weighted by Gasteiger charge is 2.62. The fourth-order valence-corrected chi connectivity index (χ4v) is 2.84. The first kappa shape index (κ1) is 8.59. The van der Waals surface area contributed by atoms with E-state index in [0.717, 1.165) is 17.3 Å². The molecule has 2 rings (SSSR count). The summed E-state index contributed by atoms with van der Waals surface area (Å²) < 4.78 is 0. The van der Waals surface area contributed by atoms with Gasteiger partial charge in [0.2, 0.25) is 0 Å². The lowest BCUT2D eigenvalue weighted by atomic mass is 9.94. The lowest BCUT2D eigenvalue weighted by Crippen LogP contribution is -2.00. The molecule has 0 aromatic carbocycles. The first-order chi connectivity index (χ1) is 5.80. The average molecular weight is 166 g/mol. The van der Waals surface area contributed by atoms with Crippen LogP contribution >= 0.6 is 0 Å². The van der Waals surface area contributed by atoms with Gasteiger partial charge in [-0.25, -0.2) is 0 Å². The minimum absolute atomic E-state index is 0.946. The van der Waals surface area contributed by atoms with Crippen LogP contribution in [0.4, 0.5) is 0 Å². The van der Waals surface area contributed by atoms with Crippen LogP contribution in [0.15, 0.2) is 0 Å². The first-order valence-electron chi connectivity index (χ1n) is 5.80. The Hall–Kier alpha value is 0. The third kappa shape index (κ3) is 1.53.